The van der Waals surface area contributed by atoms with Gasteiger partial charge in [0.2, 0.25) is 5.91 Å². The van der Waals surface area contributed by atoms with Gasteiger partial charge in [0.15, 0.2) is 11.0 Å². The predicted octanol–water partition coefficient (Wildman–Crippen LogP) is 5.41. The van der Waals surface area contributed by atoms with Crippen molar-refractivity contribution < 1.29 is 9.18 Å². The van der Waals surface area contributed by atoms with Crippen LogP contribution in [0.3, 0.4) is 0 Å². The van der Waals surface area contributed by atoms with Gasteiger partial charge in [0, 0.05) is 6.04 Å². The van der Waals surface area contributed by atoms with E-state index in [0.29, 0.717) is 22.5 Å². The Morgan fingerprint density at radius 3 is 2.52 bits per heavy atom. The lowest BCUT2D eigenvalue weighted by Crippen LogP contribution is -2.31. The van der Waals surface area contributed by atoms with Crippen LogP contribution in [0.5, 0.6) is 0 Å². The lowest BCUT2D eigenvalue weighted by Gasteiger charge is -2.21. The van der Waals surface area contributed by atoms with Crippen molar-refractivity contribution in [2.75, 3.05) is 5.75 Å². The lowest BCUT2D eigenvalue weighted by molar-refractivity contribution is -0.119. The van der Waals surface area contributed by atoms with Crippen molar-refractivity contribution in [1.82, 2.24) is 20.1 Å². The Balaban J connectivity index is 1.46. The molecule has 0 spiro atoms. The molecule has 31 heavy (non-hydrogen) atoms. The van der Waals surface area contributed by atoms with Crippen molar-refractivity contribution in [3.8, 4) is 11.4 Å². The smallest absolute Gasteiger partial charge is 0.230 e. The first-order chi connectivity index (χ1) is 15.0. The van der Waals surface area contributed by atoms with Crippen molar-refractivity contribution in [1.29, 1.82) is 0 Å². The first-order valence-electron chi connectivity index (χ1n) is 10.7. The SMILES string of the molecule is CC(C)CC(NC(=O)CSc1nnc(-c2ccccc2F)n1C1CC1)c1ccccc1. The normalized spacial score (nSPS) is 14.6. The summed E-state index contributed by atoms with van der Waals surface area (Å²) in [5.74, 6) is 0.872. The molecule has 0 bridgehead atoms. The van der Waals surface area contributed by atoms with E-state index in [1.807, 2.05) is 34.9 Å². The number of carbonyl (C=O) groups excluding carboxylic acids is 1. The summed E-state index contributed by atoms with van der Waals surface area (Å²) < 4.78 is 16.3. The van der Waals surface area contributed by atoms with Crippen LogP contribution in [0.2, 0.25) is 0 Å². The molecular formula is C24H27FN4OS. The van der Waals surface area contributed by atoms with Gasteiger partial charge in [0.25, 0.3) is 0 Å². The van der Waals surface area contributed by atoms with E-state index in [1.165, 1.54) is 17.8 Å². The molecule has 1 aliphatic carbocycles. The minimum atomic E-state index is -0.314. The van der Waals surface area contributed by atoms with Gasteiger partial charge in [-0.05, 0) is 42.9 Å². The fraction of sp³-hybridized carbons (Fsp3) is 0.375. The maximum absolute atomic E-state index is 14.3. The molecule has 4 rings (SSSR count). The number of amides is 1. The number of hydrogen-bond acceptors (Lipinski definition) is 4. The number of rotatable bonds is 9. The predicted molar refractivity (Wildman–Crippen MR) is 121 cm³/mol. The van der Waals surface area contributed by atoms with Crippen LogP contribution in [0, 0.1) is 11.7 Å². The Bertz CT molecular complexity index is 1030. The standard InChI is InChI=1S/C24H27FN4OS/c1-16(2)14-21(17-8-4-3-5-9-17)26-22(30)15-31-24-28-27-23(29(24)18-12-13-18)19-10-6-7-11-20(19)25/h3-11,16,18,21H,12-15H2,1-2H3,(H,26,30). The van der Waals surface area contributed by atoms with Crippen LogP contribution >= 0.6 is 11.8 Å². The van der Waals surface area contributed by atoms with Crippen LogP contribution in [0.4, 0.5) is 4.39 Å². The minimum Gasteiger partial charge on any atom is -0.349 e. The Hall–Kier alpha value is -2.67. The van der Waals surface area contributed by atoms with Gasteiger partial charge in [0.05, 0.1) is 17.4 Å². The van der Waals surface area contributed by atoms with Crippen molar-refractivity contribution in [3.05, 3.63) is 66.0 Å². The van der Waals surface area contributed by atoms with Gasteiger partial charge >= 0.3 is 0 Å². The molecule has 0 saturated heterocycles. The van der Waals surface area contributed by atoms with Crippen LogP contribution < -0.4 is 5.32 Å². The van der Waals surface area contributed by atoms with Gasteiger partial charge in [-0.25, -0.2) is 4.39 Å². The van der Waals surface area contributed by atoms with Gasteiger partial charge < -0.3 is 5.32 Å². The number of aromatic nitrogens is 3. The van der Waals surface area contributed by atoms with Crippen molar-refractivity contribution in [2.45, 2.75) is 50.4 Å². The Kier molecular flexibility index (Phi) is 6.70. The van der Waals surface area contributed by atoms with Crippen molar-refractivity contribution in [3.63, 3.8) is 0 Å². The summed E-state index contributed by atoms with van der Waals surface area (Å²) in [6, 6.07) is 16.9. The third kappa shape index (κ3) is 5.34. The Morgan fingerprint density at radius 2 is 1.84 bits per heavy atom. The molecule has 3 aromatic rings. The number of nitrogens with one attached hydrogen (secondary N) is 1. The van der Waals surface area contributed by atoms with E-state index in [2.05, 4.69) is 29.4 Å². The number of halogens is 1. The summed E-state index contributed by atoms with van der Waals surface area (Å²) in [7, 11) is 0. The van der Waals surface area contributed by atoms with Gasteiger partial charge in [-0.1, -0.05) is 68.1 Å². The van der Waals surface area contributed by atoms with Crippen LogP contribution in [0.25, 0.3) is 11.4 Å². The van der Waals surface area contributed by atoms with Gasteiger partial charge in [-0.2, -0.15) is 0 Å². The largest absolute Gasteiger partial charge is 0.349 e. The van der Waals surface area contributed by atoms with E-state index in [-0.39, 0.29) is 29.6 Å². The van der Waals surface area contributed by atoms with Crippen molar-refractivity contribution >= 4 is 17.7 Å². The van der Waals surface area contributed by atoms with Crippen LogP contribution in [0.1, 0.15) is 50.8 Å². The van der Waals surface area contributed by atoms with Crippen LogP contribution in [-0.4, -0.2) is 26.4 Å². The van der Waals surface area contributed by atoms with Crippen LogP contribution in [0.15, 0.2) is 59.8 Å². The third-order valence-corrected chi connectivity index (χ3v) is 6.21. The average molecular weight is 439 g/mol. The number of hydrogen-bond donors (Lipinski definition) is 1. The number of thioether (sulfide) groups is 1. The Morgan fingerprint density at radius 1 is 1.13 bits per heavy atom. The zero-order valence-electron chi connectivity index (χ0n) is 17.8. The monoisotopic (exact) mass is 438 g/mol. The molecule has 7 heteroatoms. The molecule has 1 aliphatic rings. The van der Waals surface area contributed by atoms with E-state index < -0.39 is 0 Å². The molecule has 0 aliphatic heterocycles. The molecular weight excluding hydrogens is 411 g/mol. The van der Waals surface area contributed by atoms with Crippen LogP contribution in [-0.2, 0) is 4.79 Å². The topological polar surface area (TPSA) is 59.8 Å². The second kappa shape index (κ2) is 9.64. The molecule has 2 aromatic carbocycles. The summed E-state index contributed by atoms with van der Waals surface area (Å²) in [5, 5.41) is 12.4. The third-order valence-electron chi connectivity index (χ3n) is 5.27. The molecule has 1 atom stereocenters. The van der Waals surface area contributed by atoms with E-state index in [1.54, 1.807) is 18.2 Å². The summed E-state index contributed by atoms with van der Waals surface area (Å²) in [4.78, 5) is 12.8. The highest BCUT2D eigenvalue weighted by Crippen LogP contribution is 2.41. The zero-order chi connectivity index (χ0) is 21.8. The minimum absolute atomic E-state index is 0.0235. The van der Waals surface area contributed by atoms with Crippen molar-refractivity contribution in [2.24, 2.45) is 5.92 Å². The molecule has 1 fully saturated rings. The average Bonchev–Trinajstić information content (AvgIpc) is 3.51. The fourth-order valence-electron chi connectivity index (χ4n) is 3.66. The molecule has 5 nitrogen and oxygen atoms in total. The molecule has 1 amide bonds. The van der Waals surface area contributed by atoms with Gasteiger partial charge in [-0.15, -0.1) is 10.2 Å². The summed E-state index contributed by atoms with van der Waals surface area (Å²) in [6.07, 6.45) is 2.91. The fourth-order valence-corrected chi connectivity index (χ4v) is 4.48. The maximum Gasteiger partial charge on any atom is 0.230 e. The molecule has 1 unspecified atom stereocenters. The quantitative estimate of drug-likeness (QED) is 0.454. The zero-order valence-corrected chi connectivity index (χ0v) is 18.6. The first-order valence-corrected chi connectivity index (χ1v) is 11.7. The van der Waals surface area contributed by atoms with Gasteiger partial charge in [0.1, 0.15) is 5.82 Å². The van der Waals surface area contributed by atoms with E-state index in [0.717, 1.165) is 24.8 Å². The highest BCUT2D eigenvalue weighted by atomic mass is 32.2. The molecule has 1 saturated carbocycles. The number of benzene rings is 2. The lowest BCUT2D eigenvalue weighted by atomic mass is 9.97. The van der Waals surface area contributed by atoms with Gasteiger partial charge in [-0.3, -0.25) is 9.36 Å². The maximum atomic E-state index is 14.3. The molecule has 162 valence electrons. The van der Waals surface area contributed by atoms with E-state index in [4.69, 9.17) is 0 Å². The second-order valence-corrected chi connectivity index (χ2v) is 9.28. The molecule has 1 aromatic heterocycles. The summed E-state index contributed by atoms with van der Waals surface area (Å²) in [5.41, 5.74) is 1.55. The Labute approximate surface area is 186 Å². The number of nitrogens with zero attached hydrogens (tertiary/aromatic N) is 3. The molecule has 0 radical (unpaired) electrons. The number of carbonyl (C=O) groups is 1. The van der Waals surface area contributed by atoms with E-state index in [9.17, 15) is 9.18 Å². The second-order valence-electron chi connectivity index (χ2n) is 8.34. The van der Waals surface area contributed by atoms with E-state index >= 15 is 0 Å². The highest BCUT2D eigenvalue weighted by Gasteiger charge is 2.31. The highest BCUT2D eigenvalue weighted by molar-refractivity contribution is 7.99. The first kappa shape index (κ1) is 21.6. The molecule has 1 heterocycles. The molecule has 1 N–H and O–H groups in total. The summed E-state index contributed by atoms with van der Waals surface area (Å²) in [6.45, 7) is 4.30. The summed E-state index contributed by atoms with van der Waals surface area (Å²) >= 11 is 1.36.